The number of ether oxygens (including phenoxy) is 3. The molecule has 0 aliphatic carbocycles. The van der Waals surface area contributed by atoms with E-state index in [1.807, 2.05) is 0 Å². The molecule has 6 heteroatoms. The summed E-state index contributed by atoms with van der Waals surface area (Å²) in [5.41, 5.74) is -0.139. The summed E-state index contributed by atoms with van der Waals surface area (Å²) >= 11 is 0. The predicted molar refractivity (Wildman–Crippen MR) is 76.0 cm³/mol. The zero-order valence-corrected chi connectivity index (χ0v) is 12.4. The molecule has 0 aromatic heterocycles. The minimum absolute atomic E-state index is 0.130. The van der Waals surface area contributed by atoms with E-state index < -0.39 is 11.7 Å². The predicted octanol–water partition coefficient (Wildman–Crippen LogP) is 2.17. The van der Waals surface area contributed by atoms with Gasteiger partial charge in [0.2, 0.25) is 0 Å². The Hall–Kier alpha value is -2.24. The Morgan fingerprint density at radius 2 is 1.86 bits per heavy atom. The second-order valence-electron chi connectivity index (χ2n) is 5.64. The number of carbonyl (C=O) groups excluding carboxylic acids is 2. The third-order valence-corrected chi connectivity index (χ3v) is 2.66. The zero-order valence-electron chi connectivity index (χ0n) is 12.4. The van der Waals surface area contributed by atoms with Crippen molar-refractivity contribution >= 4 is 11.9 Å². The number of amides is 1. The van der Waals surface area contributed by atoms with Gasteiger partial charge in [0.1, 0.15) is 18.8 Å². The van der Waals surface area contributed by atoms with E-state index in [4.69, 9.17) is 14.2 Å². The molecule has 6 nitrogen and oxygen atoms in total. The van der Waals surface area contributed by atoms with E-state index in [1.165, 1.54) is 0 Å². The number of ketones is 1. The summed E-state index contributed by atoms with van der Waals surface area (Å²) in [6.07, 6.45) is -0.617. The zero-order chi connectivity index (χ0) is 15.5. The molecule has 0 radical (unpaired) electrons. The molecule has 0 fully saturated rings. The van der Waals surface area contributed by atoms with Crippen molar-refractivity contribution in [2.45, 2.75) is 26.4 Å². The topological polar surface area (TPSA) is 73.9 Å². The van der Waals surface area contributed by atoms with Gasteiger partial charge in [-0.3, -0.25) is 4.79 Å². The number of Topliss-reactive ketones (excluding diaryl/α,β-unsaturated/α-hetero) is 1. The molecule has 21 heavy (non-hydrogen) atoms. The van der Waals surface area contributed by atoms with Gasteiger partial charge in [0.15, 0.2) is 17.3 Å². The molecule has 0 bridgehead atoms. The van der Waals surface area contributed by atoms with Gasteiger partial charge >= 0.3 is 6.09 Å². The molecular weight excluding hydrogens is 274 g/mol. The largest absolute Gasteiger partial charge is 0.486 e. The van der Waals surface area contributed by atoms with Crippen molar-refractivity contribution in [1.82, 2.24) is 5.32 Å². The highest BCUT2D eigenvalue weighted by molar-refractivity contribution is 5.99. The Morgan fingerprint density at radius 3 is 2.52 bits per heavy atom. The first-order valence-corrected chi connectivity index (χ1v) is 6.75. The monoisotopic (exact) mass is 293 g/mol. The van der Waals surface area contributed by atoms with Crippen LogP contribution in [0.3, 0.4) is 0 Å². The SMILES string of the molecule is CC(C)(C)OC(=O)NCC(=O)c1ccc2c(c1)OCCO2. The molecule has 114 valence electrons. The second-order valence-corrected chi connectivity index (χ2v) is 5.64. The molecule has 0 atom stereocenters. The fraction of sp³-hybridized carbons (Fsp3) is 0.467. The summed E-state index contributed by atoms with van der Waals surface area (Å²) in [6, 6.07) is 4.95. The molecule has 1 amide bonds. The molecule has 1 aliphatic heterocycles. The van der Waals surface area contributed by atoms with Crippen LogP contribution in [0.15, 0.2) is 18.2 Å². The van der Waals surface area contributed by atoms with E-state index in [1.54, 1.807) is 39.0 Å². The maximum atomic E-state index is 12.0. The third kappa shape index (κ3) is 4.37. The van der Waals surface area contributed by atoms with Crippen LogP contribution >= 0.6 is 0 Å². The number of hydrogen-bond acceptors (Lipinski definition) is 5. The second kappa shape index (κ2) is 6.03. The lowest BCUT2D eigenvalue weighted by atomic mass is 10.1. The van der Waals surface area contributed by atoms with E-state index in [0.29, 0.717) is 30.3 Å². The molecule has 1 heterocycles. The number of nitrogens with one attached hydrogen (secondary N) is 1. The van der Waals surface area contributed by atoms with Crippen molar-refractivity contribution in [3.8, 4) is 11.5 Å². The van der Waals surface area contributed by atoms with E-state index in [9.17, 15) is 9.59 Å². The Kier molecular flexibility index (Phi) is 4.35. The Labute approximate surface area is 123 Å². The van der Waals surface area contributed by atoms with Crippen LogP contribution in [0.5, 0.6) is 11.5 Å². The first-order chi connectivity index (χ1) is 9.85. The Morgan fingerprint density at radius 1 is 1.19 bits per heavy atom. The van der Waals surface area contributed by atoms with Crippen LogP contribution < -0.4 is 14.8 Å². The van der Waals surface area contributed by atoms with Crippen molar-refractivity contribution in [2.24, 2.45) is 0 Å². The van der Waals surface area contributed by atoms with Crippen LogP contribution in [0, 0.1) is 0 Å². The maximum Gasteiger partial charge on any atom is 0.408 e. The molecule has 2 rings (SSSR count). The number of rotatable bonds is 3. The molecule has 0 saturated heterocycles. The molecule has 1 aromatic rings. The number of benzene rings is 1. The van der Waals surface area contributed by atoms with E-state index in [-0.39, 0.29) is 12.3 Å². The van der Waals surface area contributed by atoms with Crippen molar-refractivity contribution < 1.29 is 23.8 Å². The average Bonchev–Trinajstić information content (AvgIpc) is 2.42. The van der Waals surface area contributed by atoms with Gasteiger partial charge in [-0.25, -0.2) is 4.79 Å². The first kappa shape index (κ1) is 15.2. The van der Waals surface area contributed by atoms with Gasteiger partial charge in [-0.1, -0.05) is 0 Å². The molecular formula is C15H19NO5. The van der Waals surface area contributed by atoms with Crippen molar-refractivity contribution in [1.29, 1.82) is 0 Å². The molecule has 1 aromatic carbocycles. The van der Waals surface area contributed by atoms with Gasteiger partial charge in [0.05, 0.1) is 6.54 Å². The lowest BCUT2D eigenvalue weighted by molar-refractivity contribution is 0.0520. The van der Waals surface area contributed by atoms with Gasteiger partial charge in [-0.05, 0) is 39.0 Å². The average molecular weight is 293 g/mol. The standard InChI is InChI=1S/C15H19NO5/c1-15(2,3)21-14(18)16-9-11(17)10-4-5-12-13(8-10)20-7-6-19-12/h4-5,8H,6-7,9H2,1-3H3,(H,16,18). The normalized spacial score (nSPS) is 13.5. The fourth-order valence-corrected chi connectivity index (χ4v) is 1.79. The van der Waals surface area contributed by atoms with Crippen LogP contribution in [-0.2, 0) is 4.74 Å². The van der Waals surface area contributed by atoms with E-state index in [2.05, 4.69) is 5.32 Å². The lowest BCUT2D eigenvalue weighted by Gasteiger charge is -2.20. The molecule has 0 saturated carbocycles. The van der Waals surface area contributed by atoms with Crippen molar-refractivity contribution in [2.75, 3.05) is 19.8 Å². The van der Waals surface area contributed by atoms with Crippen molar-refractivity contribution in [3.05, 3.63) is 23.8 Å². The van der Waals surface area contributed by atoms with Gasteiger partial charge in [-0.2, -0.15) is 0 Å². The summed E-state index contributed by atoms with van der Waals surface area (Å²) in [4.78, 5) is 23.5. The number of fused-ring (bicyclic) bond motifs is 1. The van der Waals surface area contributed by atoms with Gasteiger partial charge in [-0.15, -0.1) is 0 Å². The minimum atomic E-state index is -0.617. The summed E-state index contributed by atoms with van der Waals surface area (Å²) in [5, 5.41) is 2.43. The molecule has 1 N–H and O–H groups in total. The van der Waals surface area contributed by atoms with Gasteiger partial charge in [0, 0.05) is 5.56 Å². The minimum Gasteiger partial charge on any atom is -0.486 e. The number of carbonyl (C=O) groups is 2. The summed E-state index contributed by atoms with van der Waals surface area (Å²) in [7, 11) is 0. The summed E-state index contributed by atoms with van der Waals surface area (Å²) in [5.74, 6) is 0.945. The van der Waals surface area contributed by atoms with Crippen molar-refractivity contribution in [3.63, 3.8) is 0 Å². The first-order valence-electron chi connectivity index (χ1n) is 6.75. The van der Waals surface area contributed by atoms with Crippen LogP contribution in [0.2, 0.25) is 0 Å². The molecule has 0 unspecified atom stereocenters. The Bertz CT molecular complexity index is 547. The Balaban J connectivity index is 1.93. The van der Waals surface area contributed by atoms with Crippen LogP contribution in [0.25, 0.3) is 0 Å². The molecule has 0 spiro atoms. The maximum absolute atomic E-state index is 12.0. The van der Waals surface area contributed by atoms with Crippen LogP contribution in [0.4, 0.5) is 4.79 Å². The highest BCUT2D eigenvalue weighted by Crippen LogP contribution is 2.30. The fourth-order valence-electron chi connectivity index (χ4n) is 1.79. The number of alkyl carbamates (subject to hydrolysis) is 1. The quantitative estimate of drug-likeness (QED) is 0.864. The van der Waals surface area contributed by atoms with Crippen LogP contribution in [0.1, 0.15) is 31.1 Å². The number of hydrogen-bond donors (Lipinski definition) is 1. The van der Waals surface area contributed by atoms with E-state index in [0.717, 1.165) is 0 Å². The lowest BCUT2D eigenvalue weighted by Crippen LogP contribution is -2.35. The van der Waals surface area contributed by atoms with Gasteiger partial charge < -0.3 is 19.5 Å². The highest BCUT2D eigenvalue weighted by atomic mass is 16.6. The van der Waals surface area contributed by atoms with Crippen LogP contribution in [-0.4, -0.2) is 37.2 Å². The summed E-state index contributed by atoms with van der Waals surface area (Å²) in [6.45, 7) is 6.11. The van der Waals surface area contributed by atoms with Gasteiger partial charge in [0.25, 0.3) is 0 Å². The highest BCUT2D eigenvalue weighted by Gasteiger charge is 2.18. The molecule has 1 aliphatic rings. The third-order valence-electron chi connectivity index (χ3n) is 2.66. The summed E-state index contributed by atoms with van der Waals surface area (Å²) < 4.78 is 15.9. The smallest absolute Gasteiger partial charge is 0.408 e. The van der Waals surface area contributed by atoms with E-state index >= 15 is 0 Å².